The van der Waals surface area contributed by atoms with Gasteiger partial charge in [-0.05, 0) is 73.3 Å². The number of rotatable bonds is 5. The summed E-state index contributed by atoms with van der Waals surface area (Å²) in [5, 5.41) is 0.637. The summed E-state index contributed by atoms with van der Waals surface area (Å²) in [4.78, 5) is 20.4. The second kappa shape index (κ2) is 8.77. The van der Waals surface area contributed by atoms with E-state index >= 15 is 0 Å². The van der Waals surface area contributed by atoms with Crippen LogP contribution in [0.2, 0.25) is 0 Å². The van der Waals surface area contributed by atoms with E-state index < -0.39 is 0 Å². The number of amides is 1. The Labute approximate surface area is 190 Å². The molecule has 1 fully saturated rings. The summed E-state index contributed by atoms with van der Waals surface area (Å²) in [7, 11) is 0. The van der Waals surface area contributed by atoms with Gasteiger partial charge in [0.2, 0.25) is 0 Å². The summed E-state index contributed by atoms with van der Waals surface area (Å²) in [6.07, 6.45) is 3.55. The average Bonchev–Trinajstić information content (AvgIpc) is 3.53. The van der Waals surface area contributed by atoms with Crippen molar-refractivity contribution in [3.05, 3.63) is 113 Å². The number of amidine groups is 1. The lowest BCUT2D eigenvalue weighted by Gasteiger charge is -2.13. The molecule has 2 aromatic heterocycles. The third kappa shape index (κ3) is 4.05. The van der Waals surface area contributed by atoms with Crippen molar-refractivity contribution < 1.29 is 9.21 Å². The number of carbonyl (C=O) groups excluding carboxylic acids is 1. The summed E-state index contributed by atoms with van der Waals surface area (Å²) in [6.45, 7) is 2.39. The van der Waals surface area contributed by atoms with E-state index in [0.29, 0.717) is 22.4 Å². The number of hydrogen-bond donors (Lipinski definition) is 0. The molecule has 2 aromatic carbocycles. The third-order valence-corrected chi connectivity index (χ3v) is 6.17. The van der Waals surface area contributed by atoms with E-state index in [0.717, 1.165) is 22.8 Å². The van der Waals surface area contributed by atoms with Crippen LogP contribution in [-0.4, -0.2) is 20.5 Å². The molecule has 1 amide bonds. The lowest BCUT2D eigenvalue weighted by atomic mass is 10.3. The molecule has 0 spiro atoms. The molecule has 158 valence electrons. The van der Waals surface area contributed by atoms with Crippen molar-refractivity contribution in [2.24, 2.45) is 4.99 Å². The van der Waals surface area contributed by atoms with Crippen LogP contribution in [0, 0.1) is 6.92 Å². The van der Waals surface area contributed by atoms with Crippen molar-refractivity contribution >= 4 is 34.6 Å². The zero-order chi connectivity index (χ0) is 21.9. The number of aryl methyl sites for hydroxylation is 1. The number of benzene rings is 2. The van der Waals surface area contributed by atoms with Gasteiger partial charge >= 0.3 is 0 Å². The van der Waals surface area contributed by atoms with Crippen LogP contribution in [-0.2, 0) is 11.3 Å². The van der Waals surface area contributed by atoms with Crippen LogP contribution in [0.15, 0.2) is 106 Å². The molecular formula is C26H21N3O2S. The minimum atomic E-state index is -0.0838. The van der Waals surface area contributed by atoms with Gasteiger partial charge in [0.15, 0.2) is 5.17 Å². The average molecular weight is 440 g/mol. The van der Waals surface area contributed by atoms with E-state index in [1.54, 1.807) is 11.2 Å². The Bertz CT molecular complexity index is 1290. The highest BCUT2D eigenvalue weighted by atomic mass is 32.2. The molecule has 0 radical (unpaired) electrons. The van der Waals surface area contributed by atoms with Crippen LogP contribution in [0.25, 0.3) is 11.8 Å². The fourth-order valence-electron chi connectivity index (χ4n) is 3.64. The van der Waals surface area contributed by atoms with Crippen molar-refractivity contribution in [3.8, 4) is 5.69 Å². The molecule has 1 aliphatic heterocycles. The predicted molar refractivity (Wildman–Crippen MR) is 129 cm³/mol. The van der Waals surface area contributed by atoms with Crippen LogP contribution in [0.4, 0.5) is 5.69 Å². The summed E-state index contributed by atoms with van der Waals surface area (Å²) >= 11 is 1.38. The molecule has 0 saturated carbocycles. The maximum atomic E-state index is 13.4. The number of aromatic nitrogens is 1. The van der Waals surface area contributed by atoms with Gasteiger partial charge in [-0.25, -0.2) is 4.99 Å². The monoisotopic (exact) mass is 439 g/mol. The second-order valence-electron chi connectivity index (χ2n) is 7.38. The maximum Gasteiger partial charge on any atom is 0.267 e. The van der Waals surface area contributed by atoms with Gasteiger partial charge < -0.3 is 8.98 Å². The minimum absolute atomic E-state index is 0.0838. The van der Waals surface area contributed by atoms with Crippen LogP contribution in [0.3, 0.4) is 0 Å². The quantitative estimate of drug-likeness (QED) is 0.349. The Morgan fingerprint density at radius 3 is 2.41 bits per heavy atom. The molecule has 4 aromatic rings. The first kappa shape index (κ1) is 20.2. The Morgan fingerprint density at radius 2 is 1.69 bits per heavy atom. The molecule has 32 heavy (non-hydrogen) atoms. The van der Waals surface area contributed by atoms with Crippen LogP contribution in [0.1, 0.15) is 17.1 Å². The van der Waals surface area contributed by atoms with Crippen molar-refractivity contribution in [1.29, 1.82) is 0 Å². The molecule has 0 bridgehead atoms. The van der Waals surface area contributed by atoms with E-state index in [9.17, 15) is 4.79 Å². The standard InChI is InChI=1S/C26H21N3O2S/c1-19-14-15-22(29(19)21-11-6-3-7-12-21)17-24-25(30)28(18-23-13-8-16-31-23)26(32-24)27-20-9-4-2-5-10-20/h2-17H,18H2,1H3/b24-17-,27-26?. The highest BCUT2D eigenvalue weighted by Gasteiger charge is 2.34. The number of aliphatic imine (C=N–C) groups is 1. The SMILES string of the molecule is Cc1ccc(/C=C2\SC(=Nc3ccccc3)N(Cc3ccco3)C2=O)n1-c1ccccc1. The minimum Gasteiger partial charge on any atom is -0.467 e. The van der Waals surface area contributed by atoms with Gasteiger partial charge in [-0.3, -0.25) is 9.69 Å². The van der Waals surface area contributed by atoms with E-state index in [-0.39, 0.29) is 5.91 Å². The highest BCUT2D eigenvalue weighted by Crippen LogP contribution is 2.35. The smallest absolute Gasteiger partial charge is 0.267 e. The van der Waals surface area contributed by atoms with Gasteiger partial charge in [0.05, 0.1) is 23.4 Å². The molecule has 0 unspecified atom stereocenters. The molecule has 5 nitrogen and oxygen atoms in total. The molecule has 0 atom stereocenters. The van der Waals surface area contributed by atoms with Crippen LogP contribution in [0.5, 0.6) is 0 Å². The van der Waals surface area contributed by atoms with E-state index in [4.69, 9.17) is 9.41 Å². The normalized spacial score (nSPS) is 16.4. The molecule has 0 N–H and O–H groups in total. The maximum absolute atomic E-state index is 13.4. The third-order valence-electron chi connectivity index (χ3n) is 5.16. The van der Waals surface area contributed by atoms with Crippen molar-refractivity contribution in [2.75, 3.05) is 0 Å². The number of para-hydroxylation sites is 2. The fraction of sp³-hybridized carbons (Fsp3) is 0.0769. The topological polar surface area (TPSA) is 50.7 Å². The van der Waals surface area contributed by atoms with Crippen molar-refractivity contribution in [2.45, 2.75) is 13.5 Å². The van der Waals surface area contributed by atoms with Crippen molar-refractivity contribution in [3.63, 3.8) is 0 Å². The zero-order valence-corrected chi connectivity index (χ0v) is 18.3. The Morgan fingerprint density at radius 1 is 0.938 bits per heavy atom. The lowest BCUT2D eigenvalue weighted by molar-refractivity contribution is -0.122. The molecule has 0 aliphatic carbocycles. The zero-order valence-electron chi connectivity index (χ0n) is 17.5. The second-order valence-corrected chi connectivity index (χ2v) is 8.39. The first-order chi connectivity index (χ1) is 15.7. The van der Waals surface area contributed by atoms with Gasteiger partial charge in [-0.15, -0.1) is 0 Å². The molecule has 1 aliphatic rings. The van der Waals surface area contributed by atoms with Crippen molar-refractivity contribution in [1.82, 2.24) is 9.47 Å². The first-order valence-corrected chi connectivity index (χ1v) is 11.1. The number of hydrogen-bond acceptors (Lipinski definition) is 4. The van der Waals surface area contributed by atoms with Gasteiger partial charge in [-0.1, -0.05) is 36.4 Å². The van der Waals surface area contributed by atoms with E-state index in [1.807, 2.05) is 72.8 Å². The summed E-state index contributed by atoms with van der Waals surface area (Å²) < 4.78 is 7.64. The Hall–Kier alpha value is -3.77. The van der Waals surface area contributed by atoms with Gasteiger partial charge in [0, 0.05) is 17.1 Å². The summed E-state index contributed by atoms with van der Waals surface area (Å²) in [5.41, 5.74) is 3.91. The Kier molecular flexibility index (Phi) is 5.52. The summed E-state index contributed by atoms with van der Waals surface area (Å²) in [6, 6.07) is 27.6. The van der Waals surface area contributed by atoms with Crippen LogP contribution >= 0.6 is 11.8 Å². The Balaban J connectivity index is 1.54. The van der Waals surface area contributed by atoms with E-state index in [1.165, 1.54) is 11.8 Å². The molecule has 5 rings (SSSR count). The number of furan rings is 1. The largest absolute Gasteiger partial charge is 0.467 e. The van der Waals surface area contributed by atoms with Gasteiger partial charge in [0.1, 0.15) is 5.76 Å². The summed E-state index contributed by atoms with van der Waals surface area (Å²) in [5.74, 6) is 0.629. The highest BCUT2D eigenvalue weighted by molar-refractivity contribution is 8.18. The lowest BCUT2D eigenvalue weighted by Crippen LogP contribution is -2.28. The molecular weight excluding hydrogens is 418 g/mol. The molecule has 6 heteroatoms. The predicted octanol–water partition coefficient (Wildman–Crippen LogP) is 6.18. The molecule has 1 saturated heterocycles. The number of nitrogens with zero attached hydrogens (tertiary/aromatic N) is 3. The first-order valence-electron chi connectivity index (χ1n) is 10.3. The van der Waals surface area contributed by atoms with Gasteiger partial charge in [0.25, 0.3) is 5.91 Å². The van der Waals surface area contributed by atoms with Gasteiger partial charge in [-0.2, -0.15) is 0 Å². The number of thioether (sulfide) groups is 1. The van der Waals surface area contributed by atoms with E-state index in [2.05, 4.69) is 29.7 Å². The molecule has 3 heterocycles. The number of carbonyl (C=O) groups is 1. The fourth-order valence-corrected chi connectivity index (χ4v) is 4.62. The van der Waals surface area contributed by atoms with Crippen LogP contribution < -0.4 is 0 Å².